The van der Waals surface area contributed by atoms with Crippen molar-refractivity contribution in [3.63, 3.8) is 0 Å². The molecule has 0 N–H and O–H groups in total. The summed E-state index contributed by atoms with van der Waals surface area (Å²) in [7, 11) is 3.07. The molecule has 1 saturated heterocycles. The first-order valence-electron chi connectivity index (χ1n) is 12.4. The number of ether oxygens (including phenoxy) is 4. The van der Waals surface area contributed by atoms with Gasteiger partial charge >= 0.3 is 5.97 Å². The SMILES string of the molecule is CCOC(=O)C1=C(C)N=c2s/c(=C/c3ccc(N4CCOCC4)o3)c(=O)n2[C@H]1c1cc(OC)c(OC)cc1Br. The summed E-state index contributed by atoms with van der Waals surface area (Å²) in [5.41, 5.74) is 1.08. The summed E-state index contributed by atoms with van der Waals surface area (Å²) in [5, 5.41) is 0. The molecule has 0 unspecified atom stereocenters. The van der Waals surface area contributed by atoms with E-state index in [9.17, 15) is 9.59 Å². The van der Waals surface area contributed by atoms with Crippen LogP contribution in [0.25, 0.3) is 6.08 Å². The van der Waals surface area contributed by atoms with Crippen molar-refractivity contribution in [2.45, 2.75) is 19.9 Å². The fourth-order valence-corrected chi connectivity index (χ4v) is 6.23. The van der Waals surface area contributed by atoms with Gasteiger partial charge in [0.05, 0.1) is 55.9 Å². The monoisotopic (exact) mass is 617 g/mol. The van der Waals surface area contributed by atoms with Crippen LogP contribution in [0.2, 0.25) is 0 Å². The largest absolute Gasteiger partial charge is 0.493 e. The average molecular weight is 619 g/mol. The Morgan fingerprint density at radius 3 is 2.62 bits per heavy atom. The van der Waals surface area contributed by atoms with Gasteiger partial charge in [-0.3, -0.25) is 9.36 Å². The number of thiazole rings is 1. The van der Waals surface area contributed by atoms with Crippen LogP contribution in [0.5, 0.6) is 11.5 Å². The number of carbonyl (C=O) groups excluding carboxylic acids is 1. The van der Waals surface area contributed by atoms with Gasteiger partial charge in [-0.15, -0.1) is 0 Å². The number of fused-ring (bicyclic) bond motifs is 1. The van der Waals surface area contributed by atoms with Gasteiger partial charge in [0.2, 0.25) is 0 Å². The number of aromatic nitrogens is 1. The zero-order valence-electron chi connectivity index (χ0n) is 22.0. The second kappa shape index (κ2) is 11.4. The number of rotatable bonds is 7. The van der Waals surface area contributed by atoms with Crippen LogP contribution in [0, 0.1) is 0 Å². The molecule has 39 heavy (non-hydrogen) atoms. The van der Waals surface area contributed by atoms with Crippen LogP contribution in [0.3, 0.4) is 0 Å². The number of halogens is 1. The molecule has 5 rings (SSSR count). The van der Waals surface area contributed by atoms with Gasteiger partial charge in [0.15, 0.2) is 22.2 Å². The van der Waals surface area contributed by atoms with Crippen LogP contribution in [-0.4, -0.2) is 57.7 Å². The van der Waals surface area contributed by atoms with Crippen molar-refractivity contribution in [3.05, 3.63) is 71.0 Å². The minimum absolute atomic E-state index is 0.184. The first-order chi connectivity index (χ1) is 18.9. The molecule has 1 fully saturated rings. The van der Waals surface area contributed by atoms with Gasteiger partial charge in [0, 0.05) is 29.7 Å². The van der Waals surface area contributed by atoms with E-state index in [0.717, 1.165) is 19.0 Å². The van der Waals surface area contributed by atoms with Crippen molar-refractivity contribution in [2.24, 2.45) is 4.99 Å². The predicted octanol–water partition coefficient (Wildman–Crippen LogP) is 3.01. The molecule has 0 spiro atoms. The van der Waals surface area contributed by atoms with Crippen LogP contribution in [0.15, 0.2) is 54.2 Å². The van der Waals surface area contributed by atoms with E-state index in [-0.39, 0.29) is 17.7 Å². The Morgan fingerprint density at radius 2 is 1.92 bits per heavy atom. The van der Waals surface area contributed by atoms with E-state index in [1.165, 1.54) is 23.0 Å². The maximum Gasteiger partial charge on any atom is 0.338 e. The molecule has 0 aliphatic carbocycles. The van der Waals surface area contributed by atoms with E-state index in [1.807, 2.05) is 12.1 Å². The summed E-state index contributed by atoms with van der Waals surface area (Å²) >= 11 is 4.84. The topological polar surface area (TPSA) is 105 Å². The van der Waals surface area contributed by atoms with Gasteiger partial charge in [0.1, 0.15) is 5.76 Å². The number of methoxy groups -OCH3 is 2. The zero-order valence-corrected chi connectivity index (χ0v) is 24.4. The number of carbonyl (C=O) groups is 1. The smallest absolute Gasteiger partial charge is 0.338 e. The molecule has 12 heteroatoms. The van der Waals surface area contributed by atoms with Gasteiger partial charge < -0.3 is 28.3 Å². The molecular formula is C27H28BrN3O7S. The second-order valence-corrected chi connectivity index (χ2v) is 10.7. The Hall–Kier alpha value is -3.35. The molecule has 3 aromatic rings. The molecule has 10 nitrogen and oxygen atoms in total. The quantitative estimate of drug-likeness (QED) is 0.373. The maximum absolute atomic E-state index is 13.9. The molecule has 0 radical (unpaired) electrons. The third-order valence-electron chi connectivity index (χ3n) is 6.52. The summed E-state index contributed by atoms with van der Waals surface area (Å²) in [4.78, 5) is 34.3. The average Bonchev–Trinajstić information content (AvgIpc) is 3.52. The minimum Gasteiger partial charge on any atom is -0.493 e. The highest BCUT2D eigenvalue weighted by molar-refractivity contribution is 9.10. The molecule has 0 saturated carbocycles. The minimum atomic E-state index is -0.808. The molecule has 0 amide bonds. The number of nitrogens with zero attached hydrogens (tertiary/aromatic N) is 3. The molecule has 1 atom stereocenters. The standard InChI is InChI=1S/C27H28BrN3O7S/c1-5-37-26(33)23-15(2)29-27-31(24(23)17-13-19(34-3)20(35-4)14-18(17)28)25(32)21(39-27)12-16-6-7-22(38-16)30-8-10-36-11-9-30/h6-7,12-14,24H,5,8-11H2,1-4H3/b21-12+/t24-/m0/s1. The maximum atomic E-state index is 13.9. The highest BCUT2D eigenvalue weighted by atomic mass is 79.9. The summed E-state index contributed by atoms with van der Waals surface area (Å²) < 4.78 is 30.4. The zero-order chi connectivity index (χ0) is 27.7. The van der Waals surface area contributed by atoms with Gasteiger partial charge in [0.25, 0.3) is 5.56 Å². The molecule has 2 aliphatic rings. The number of morpholine rings is 1. The first kappa shape index (κ1) is 27.2. The Balaban J connectivity index is 1.66. The Labute approximate surface area is 236 Å². The van der Waals surface area contributed by atoms with Crippen LogP contribution < -0.4 is 29.3 Å². The van der Waals surface area contributed by atoms with Crippen LogP contribution >= 0.6 is 27.3 Å². The van der Waals surface area contributed by atoms with Crippen molar-refractivity contribution >= 4 is 45.2 Å². The van der Waals surface area contributed by atoms with Crippen molar-refractivity contribution in [2.75, 3.05) is 52.0 Å². The normalized spacial score (nSPS) is 17.6. The molecule has 0 bridgehead atoms. The van der Waals surface area contributed by atoms with Crippen molar-refractivity contribution < 1.29 is 28.2 Å². The predicted molar refractivity (Wildman–Crippen MR) is 149 cm³/mol. The van der Waals surface area contributed by atoms with Gasteiger partial charge in [-0.1, -0.05) is 27.3 Å². The van der Waals surface area contributed by atoms with E-state index in [0.29, 0.717) is 55.5 Å². The molecular weight excluding hydrogens is 590 g/mol. The third kappa shape index (κ3) is 5.15. The molecule has 4 heterocycles. The van der Waals surface area contributed by atoms with Crippen molar-refractivity contribution in [1.82, 2.24) is 4.57 Å². The van der Waals surface area contributed by atoms with E-state index < -0.39 is 12.0 Å². The highest BCUT2D eigenvalue weighted by Crippen LogP contribution is 2.40. The summed E-state index contributed by atoms with van der Waals surface area (Å²) in [6.07, 6.45) is 1.71. The molecule has 2 aliphatic heterocycles. The fourth-order valence-electron chi connectivity index (χ4n) is 4.67. The van der Waals surface area contributed by atoms with E-state index >= 15 is 0 Å². The summed E-state index contributed by atoms with van der Waals surface area (Å²) in [5.74, 6) is 1.70. The fraction of sp³-hybridized carbons (Fsp3) is 0.370. The lowest BCUT2D eigenvalue weighted by atomic mass is 9.95. The molecule has 206 valence electrons. The van der Waals surface area contributed by atoms with E-state index in [2.05, 4.69) is 25.8 Å². The summed E-state index contributed by atoms with van der Waals surface area (Å²) in [6.45, 7) is 6.43. The van der Waals surface area contributed by atoms with Crippen molar-refractivity contribution in [1.29, 1.82) is 0 Å². The lowest BCUT2D eigenvalue weighted by Gasteiger charge is -2.26. The van der Waals surface area contributed by atoms with E-state index in [1.54, 1.807) is 39.2 Å². The lowest BCUT2D eigenvalue weighted by Crippen LogP contribution is -2.40. The van der Waals surface area contributed by atoms with Gasteiger partial charge in [-0.05, 0) is 37.6 Å². The second-order valence-electron chi connectivity index (χ2n) is 8.81. The van der Waals surface area contributed by atoms with Gasteiger partial charge in [-0.2, -0.15) is 0 Å². The van der Waals surface area contributed by atoms with E-state index in [4.69, 9.17) is 23.4 Å². The highest BCUT2D eigenvalue weighted by Gasteiger charge is 2.35. The Morgan fingerprint density at radius 1 is 1.21 bits per heavy atom. The number of hydrogen-bond donors (Lipinski definition) is 0. The van der Waals surface area contributed by atoms with Crippen LogP contribution in [-0.2, 0) is 14.3 Å². The summed E-state index contributed by atoms with van der Waals surface area (Å²) in [6, 6.07) is 6.42. The number of hydrogen-bond acceptors (Lipinski definition) is 10. The number of benzene rings is 1. The first-order valence-corrected chi connectivity index (χ1v) is 14.0. The Kier molecular flexibility index (Phi) is 7.96. The number of esters is 1. The van der Waals surface area contributed by atoms with Crippen molar-refractivity contribution in [3.8, 4) is 11.5 Å². The number of anilines is 1. The van der Waals surface area contributed by atoms with Crippen LogP contribution in [0.4, 0.5) is 5.88 Å². The number of allylic oxidation sites excluding steroid dienone is 1. The molecule has 1 aromatic carbocycles. The van der Waals surface area contributed by atoms with Gasteiger partial charge in [-0.25, -0.2) is 9.79 Å². The van der Waals surface area contributed by atoms with Crippen LogP contribution in [0.1, 0.15) is 31.2 Å². The third-order valence-corrected chi connectivity index (χ3v) is 8.19. The Bertz CT molecular complexity index is 1610. The number of furan rings is 1. The molecule has 2 aromatic heterocycles. The lowest BCUT2D eigenvalue weighted by molar-refractivity contribution is -0.139.